The summed E-state index contributed by atoms with van der Waals surface area (Å²) < 4.78 is 18.9. The zero-order valence-electron chi connectivity index (χ0n) is 9.60. The maximum atomic E-state index is 13.1. The molecule has 2 rings (SSSR count). The summed E-state index contributed by atoms with van der Waals surface area (Å²) in [5, 5.41) is 10.2. The highest BCUT2D eigenvalue weighted by Crippen LogP contribution is 2.31. The summed E-state index contributed by atoms with van der Waals surface area (Å²) in [6, 6.07) is 6.48. The summed E-state index contributed by atoms with van der Waals surface area (Å²) in [6.07, 6.45) is 1.56. The first kappa shape index (κ1) is 13.0. The van der Waals surface area contributed by atoms with Crippen LogP contribution < -0.4 is 4.74 Å². The normalized spacial score (nSPS) is 12.2. The van der Waals surface area contributed by atoms with Crippen LogP contribution in [0.15, 0.2) is 41.1 Å². The zero-order chi connectivity index (χ0) is 13.1. The third kappa shape index (κ3) is 2.68. The average Bonchev–Trinajstić information content (AvgIpc) is 2.38. The van der Waals surface area contributed by atoms with Gasteiger partial charge in [0.25, 0.3) is 0 Å². The van der Waals surface area contributed by atoms with Crippen LogP contribution >= 0.6 is 15.9 Å². The van der Waals surface area contributed by atoms with Gasteiger partial charge in [0.2, 0.25) is 0 Å². The van der Waals surface area contributed by atoms with Gasteiger partial charge in [0.05, 0.1) is 13.3 Å². The molecule has 1 unspecified atom stereocenters. The van der Waals surface area contributed by atoms with Gasteiger partial charge in [-0.2, -0.15) is 0 Å². The Labute approximate surface area is 112 Å². The Bertz CT molecular complexity index is 562. The van der Waals surface area contributed by atoms with Crippen molar-refractivity contribution in [1.29, 1.82) is 0 Å². The van der Waals surface area contributed by atoms with Gasteiger partial charge in [-0.15, -0.1) is 0 Å². The van der Waals surface area contributed by atoms with Crippen LogP contribution in [0.5, 0.6) is 5.75 Å². The van der Waals surface area contributed by atoms with Gasteiger partial charge in [-0.05, 0) is 24.3 Å². The number of methoxy groups -OCH3 is 1. The number of aliphatic hydroxyl groups is 1. The van der Waals surface area contributed by atoms with Crippen LogP contribution in [0.4, 0.5) is 4.39 Å². The second-order valence-electron chi connectivity index (χ2n) is 3.73. The van der Waals surface area contributed by atoms with Crippen LogP contribution in [-0.4, -0.2) is 17.2 Å². The highest BCUT2D eigenvalue weighted by Gasteiger charge is 2.15. The smallest absolute Gasteiger partial charge is 0.141 e. The maximum absolute atomic E-state index is 13.1. The van der Waals surface area contributed by atoms with E-state index in [-0.39, 0.29) is 0 Å². The zero-order valence-corrected chi connectivity index (χ0v) is 11.2. The van der Waals surface area contributed by atoms with Crippen LogP contribution in [0, 0.1) is 5.82 Å². The second kappa shape index (κ2) is 5.46. The van der Waals surface area contributed by atoms with Crippen molar-refractivity contribution in [2.24, 2.45) is 0 Å². The molecule has 1 atom stereocenters. The fraction of sp³-hybridized carbons (Fsp3) is 0.154. The van der Waals surface area contributed by atoms with E-state index in [0.717, 1.165) is 10.7 Å². The molecular weight excluding hydrogens is 301 g/mol. The van der Waals surface area contributed by atoms with Crippen molar-refractivity contribution in [2.45, 2.75) is 6.10 Å². The van der Waals surface area contributed by atoms with Crippen molar-refractivity contribution >= 4 is 15.9 Å². The monoisotopic (exact) mass is 311 g/mol. The van der Waals surface area contributed by atoms with Gasteiger partial charge in [0.1, 0.15) is 17.7 Å². The van der Waals surface area contributed by atoms with Crippen LogP contribution in [-0.2, 0) is 0 Å². The summed E-state index contributed by atoms with van der Waals surface area (Å²) in [6.45, 7) is 0. The molecule has 3 nitrogen and oxygen atoms in total. The summed E-state index contributed by atoms with van der Waals surface area (Å²) in [4.78, 5) is 3.72. The number of pyridine rings is 1. The van der Waals surface area contributed by atoms with Crippen LogP contribution in [0.25, 0.3) is 0 Å². The van der Waals surface area contributed by atoms with E-state index in [1.807, 2.05) is 0 Å². The third-order valence-corrected chi connectivity index (χ3v) is 3.26. The first-order chi connectivity index (χ1) is 8.61. The molecule has 0 fully saturated rings. The predicted octanol–water partition coefficient (Wildman–Crippen LogP) is 3.07. The number of aliphatic hydroxyl groups excluding tert-OH is 1. The van der Waals surface area contributed by atoms with Gasteiger partial charge in [-0.25, -0.2) is 4.39 Å². The Kier molecular flexibility index (Phi) is 3.93. The van der Waals surface area contributed by atoms with Crippen molar-refractivity contribution in [3.63, 3.8) is 0 Å². The van der Waals surface area contributed by atoms with E-state index < -0.39 is 11.9 Å². The topological polar surface area (TPSA) is 42.4 Å². The lowest BCUT2D eigenvalue weighted by Gasteiger charge is -2.14. The number of ether oxygens (including phenoxy) is 1. The number of rotatable bonds is 3. The van der Waals surface area contributed by atoms with Crippen molar-refractivity contribution < 1.29 is 14.2 Å². The van der Waals surface area contributed by atoms with E-state index in [1.54, 1.807) is 25.3 Å². The Balaban J connectivity index is 2.41. The summed E-state index contributed by atoms with van der Waals surface area (Å²) in [7, 11) is 1.54. The van der Waals surface area contributed by atoms with Gasteiger partial charge in [-0.1, -0.05) is 15.9 Å². The van der Waals surface area contributed by atoms with E-state index in [9.17, 15) is 9.50 Å². The lowest BCUT2D eigenvalue weighted by Crippen LogP contribution is -2.02. The quantitative estimate of drug-likeness (QED) is 0.947. The second-order valence-corrected chi connectivity index (χ2v) is 4.58. The standard InChI is InChI=1S/C13H11BrFNO2/c1-18-10-2-3-12(14)11(5-10)13(17)8-4-9(15)7-16-6-8/h2-7,13,17H,1H3. The molecule has 0 amide bonds. The molecule has 0 aliphatic carbocycles. The number of aromatic nitrogens is 1. The number of halogens is 2. The third-order valence-electron chi connectivity index (χ3n) is 2.54. The van der Waals surface area contributed by atoms with Crippen LogP contribution in [0.3, 0.4) is 0 Å². The highest BCUT2D eigenvalue weighted by atomic mass is 79.9. The maximum Gasteiger partial charge on any atom is 0.141 e. The molecule has 0 saturated carbocycles. The minimum atomic E-state index is -0.960. The molecule has 5 heteroatoms. The van der Waals surface area contributed by atoms with Gasteiger partial charge in [-0.3, -0.25) is 4.98 Å². The Hall–Kier alpha value is -1.46. The van der Waals surface area contributed by atoms with Crippen molar-refractivity contribution in [2.75, 3.05) is 7.11 Å². The average molecular weight is 312 g/mol. The van der Waals surface area contributed by atoms with Crippen molar-refractivity contribution in [3.05, 3.63) is 58.1 Å². The van der Waals surface area contributed by atoms with E-state index in [1.165, 1.54) is 12.3 Å². The number of benzene rings is 1. The van der Waals surface area contributed by atoms with Gasteiger partial charge >= 0.3 is 0 Å². The molecule has 0 bridgehead atoms. The minimum absolute atomic E-state index is 0.393. The Morgan fingerprint density at radius 2 is 2.11 bits per heavy atom. The van der Waals surface area contributed by atoms with Gasteiger partial charge in [0.15, 0.2) is 0 Å². The molecular formula is C13H11BrFNO2. The van der Waals surface area contributed by atoms with E-state index in [0.29, 0.717) is 16.9 Å². The van der Waals surface area contributed by atoms with Gasteiger partial charge in [0, 0.05) is 21.8 Å². The molecule has 1 N–H and O–H groups in total. The Morgan fingerprint density at radius 1 is 1.33 bits per heavy atom. The number of nitrogens with zero attached hydrogens (tertiary/aromatic N) is 1. The molecule has 0 saturated heterocycles. The predicted molar refractivity (Wildman–Crippen MR) is 69.0 cm³/mol. The molecule has 1 aromatic heterocycles. The number of hydrogen-bond acceptors (Lipinski definition) is 3. The van der Waals surface area contributed by atoms with E-state index in [2.05, 4.69) is 20.9 Å². The van der Waals surface area contributed by atoms with Gasteiger partial charge < -0.3 is 9.84 Å². The van der Waals surface area contributed by atoms with Crippen LogP contribution in [0.1, 0.15) is 17.2 Å². The lowest BCUT2D eigenvalue weighted by atomic mass is 10.0. The Morgan fingerprint density at radius 3 is 2.78 bits per heavy atom. The molecule has 0 spiro atoms. The molecule has 94 valence electrons. The van der Waals surface area contributed by atoms with E-state index >= 15 is 0 Å². The molecule has 1 heterocycles. The molecule has 18 heavy (non-hydrogen) atoms. The summed E-state index contributed by atoms with van der Waals surface area (Å²) >= 11 is 3.35. The van der Waals surface area contributed by atoms with Crippen LogP contribution in [0.2, 0.25) is 0 Å². The SMILES string of the molecule is COc1ccc(Br)c(C(O)c2cncc(F)c2)c1. The summed E-state index contributed by atoms with van der Waals surface area (Å²) in [5.41, 5.74) is 0.991. The summed E-state index contributed by atoms with van der Waals surface area (Å²) in [5.74, 6) is 0.141. The number of hydrogen-bond donors (Lipinski definition) is 1. The minimum Gasteiger partial charge on any atom is -0.497 e. The highest BCUT2D eigenvalue weighted by molar-refractivity contribution is 9.10. The fourth-order valence-electron chi connectivity index (χ4n) is 1.62. The molecule has 0 aliphatic heterocycles. The fourth-order valence-corrected chi connectivity index (χ4v) is 2.08. The molecule has 0 aliphatic rings. The molecule has 2 aromatic rings. The first-order valence-corrected chi connectivity index (χ1v) is 6.03. The molecule has 1 aromatic carbocycles. The lowest BCUT2D eigenvalue weighted by molar-refractivity contribution is 0.218. The van der Waals surface area contributed by atoms with E-state index in [4.69, 9.17) is 4.74 Å². The van der Waals surface area contributed by atoms with Crippen molar-refractivity contribution in [1.82, 2.24) is 4.98 Å². The largest absolute Gasteiger partial charge is 0.497 e. The van der Waals surface area contributed by atoms with Crippen molar-refractivity contribution in [3.8, 4) is 5.75 Å². The molecule has 0 radical (unpaired) electrons. The first-order valence-electron chi connectivity index (χ1n) is 5.24.